The van der Waals surface area contributed by atoms with Crippen molar-refractivity contribution in [2.24, 2.45) is 0 Å². The largest absolute Gasteiger partial charge is 0.506 e. The number of aromatic hydroxyl groups is 1. The Morgan fingerprint density at radius 2 is 1.72 bits per heavy atom. The number of carbonyl (C=O) groups is 3. The molecule has 2 aromatic carbocycles. The van der Waals surface area contributed by atoms with Crippen molar-refractivity contribution in [1.29, 1.82) is 0 Å². The van der Waals surface area contributed by atoms with Crippen LogP contribution in [0.15, 0.2) is 72.0 Å². The standard InChI is InChI=1S/C28H27N3O5/c1-2-3-9-24(33)30-17-22-23(18-30)31(28(36)25(26(22)34)27(35)29-14-15-32)16-19-10-12-21(13-11-19)20-7-5-4-6-8-20/h2,4-8,10-13,15,34H,1,3,9,14,16-18H2,(H,29,35). The molecule has 0 saturated heterocycles. The highest BCUT2D eigenvalue weighted by atomic mass is 16.3. The van der Waals surface area contributed by atoms with Gasteiger partial charge in [0.25, 0.3) is 11.5 Å². The number of fused-ring (bicyclic) bond motifs is 1. The van der Waals surface area contributed by atoms with Crippen LogP contribution in [0.1, 0.15) is 40.0 Å². The average molecular weight is 486 g/mol. The normalized spacial score (nSPS) is 12.2. The van der Waals surface area contributed by atoms with Crippen molar-refractivity contribution in [3.05, 3.63) is 100.0 Å². The van der Waals surface area contributed by atoms with Gasteiger partial charge in [0.05, 0.1) is 26.2 Å². The molecular weight excluding hydrogens is 458 g/mol. The molecule has 36 heavy (non-hydrogen) atoms. The van der Waals surface area contributed by atoms with Gasteiger partial charge in [0.2, 0.25) is 5.91 Å². The second-order valence-corrected chi connectivity index (χ2v) is 8.56. The summed E-state index contributed by atoms with van der Waals surface area (Å²) in [4.78, 5) is 51.0. The summed E-state index contributed by atoms with van der Waals surface area (Å²) >= 11 is 0. The van der Waals surface area contributed by atoms with Gasteiger partial charge in [0, 0.05) is 17.7 Å². The van der Waals surface area contributed by atoms with Crippen LogP contribution < -0.4 is 10.9 Å². The molecule has 0 aliphatic carbocycles. The first-order valence-electron chi connectivity index (χ1n) is 11.7. The van der Waals surface area contributed by atoms with E-state index in [1.54, 1.807) is 11.0 Å². The van der Waals surface area contributed by atoms with Crippen molar-refractivity contribution in [2.75, 3.05) is 6.54 Å². The maximum Gasteiger partial charge on any atom is 0.267 e. The molecule has 184 valence electrons. The molecule has 0 radical (unpaired) electrons. The molecule has 8 heteroatoms. The molecule has 2 amide bonds. The Labute approximate surface area is 208 Å². The highest BCUT2D eigenvalue weighted by Crippen LogP contribution is 2.32. The van der Waals surface area contributed by atoms with Crippen molar-refractivity contribution in [3.63, 3.8) is 0 Å². The van der Waals surface area contributed by atoms with Gasteiger partial charge in [0.1, 0.15) is 17.6 Å². The van der Waals surface area contributed by atoms with E-state index in [0.29, 0.717) is 24.0 Å². The number of carbonyl (C=O) groups excluding carboxylic acids is 3. The van der Waals surface area contributed by atoms with Crippen LogP contribution in [0.4, 0.5) is 0 Å². The maximum atomic E-state index is 13.4. The minimum Gasteiger partial charge on any atom is -0.506 e. The highest BCUT2D eigenvalue weighted by Gasteiger charge is 2.33. The molecule has 2 N–H and O–H groups in total. The van der Waals surface area contributed by atoms with E-state index >= 15 is 0 Å². The first kappa shape index (κ1) is 24.7. The van der Waals surface area contributed by atoms with Gasteiger partial charge in [-0.25, -0.2) is 0 Å². The summed E-state index contributed by atoms with van der Waals surface area (Å²) in [6, 6.07) is 17.6. The summed E-state index contributed by atoms with van der Waals surface area (Å²) in [6.45, 7) is 3.73. The van der Waals surface area contributed by atoms with Gasteiger partial charge in [-0.1, -0.05) is 60.7 Å². The molecule has 8 nitrogen and oxygen atoms in total. The lowest BCUT2D eigenvalue weighted by Gasteiger charge is -2.16. The molecule has 0 spiro atoms. The monoisotopic (exact) mass is 485 g/mol. The Morgan fingerprint density at radius 3 is 2.39 bits per heavy atom. The summed E-state index contributed by atoms with van der Waals surface area (Å²) < 4.78 is 1.43. The number of pyridine rings is 1. The molecular formula is C28H27N3O5. The van der Waals surface area contributed by atoms with Gasteiger partial charge in [-0.05, 0) is 23.1 Å². The second kappa shape index (κ2) is 10.9. The molecule has 0 atom stereocenters. The number of hydrogen-bond donors (Lipinski definition) is 2. The third kappa shape index (κ3) is 4.98. The molecule has 4 rings (SSSR count). The van der Waals surface area contributed by atoms with Gasteiger partial charge < -0.3 is 24.7 Å². The van der Waals surface area contributed by atoms with Gasteiger partial charge in [0.15, 0.2) is 0 Å². The lowest BCUT2D eigenvalue weighted by molar-refractivity contribution is -0.131. The van der Waals surface area contributed by atoms with E-state index in [2.05, 4.69) is 11.9 Å². The van der Waals surface area contributed by atoms with Crippen molar-refractivity contribution >= 4 is 18.1 Å². The van der Waals surface area contributed by atoms with Crippen molar-refractivity contribution in [1.82, 2.24) is 14.8 Å². The van der Waals surface area contributed by atoms with E-state index in [4.69, 9.17) is 0 Å². The number of benzene rings is 2. The van der Waals surface area contributed by atoms with Crippen LogP contribution in [-0.2, 0) is 29.2 Å². The highest BCUT2D eigenvalue weighted by molar-refractivity contribution is 5.98. The molecule has 1 aliphatic heterocycles. The second-order valence-electron chi connectivity index (χ2n) is 8.56. The zero-order valence-corrected chi connectivity index (χ0v) is 19.8. The van der Waals surface area contributed by atoms with E-state index < -0.39 is 22.8 Å². The fraction of sp³-hybridized carbons (Fsp3) is 0.214. The Hall–Kier alpha value is -4.46. The minimum atomic E-state index is -0.836. The maximum absolute atomic E-state index is 13.4. The molecule has 0 fully saturated rings. The molecule has 0 bridgehead atoms. The number of nitrogens with one attached hydrogen (secondary N) is 1. The minimum absolute atomic E-state index is 0.0817. The van der Waals surface area contributed by atoms with Gasteiger partial charge in [-0.3, -0.25) is 14.4 Å². The Morgan fingerprint density at radius 1 is 1.03 bits per heavy atom. The summed E-state index contributed by atoms with van der Waals surface area (Å²) in [5.41, 5.74) is 2.65. The molecule has 3 aromatic rings. The van der Waals surface area contributed by atoms with Gasteiger partial charge in [-0.2, -0.15) is 0 Å². The molecule has 1 aliphatic rings. The fourth-order valence-corrected chi connectivity index (χ4v) is 4.35. The van der Waals surface area contributed by atoms with E-state index in [1.807, 2.05) is 54.6 Å². The van der Waals surface area contributed by atoms with Crippen molar-refractivity contribution < 1.29 is 19.5 Å². The van der Waals surface area contributed by atoms with Crippen LogP contribution in [0.2, 0.25) is 0 Å². The number of amides is 2. The molecule has 2 heterocycles. The zero-order valence-electron chi connectivity index (χ0n) is 19.8. The molecule has 0 saturated carbocycles. The van der Waals surface area contributed by atoms with E-state index in [1.165, 1.54) is 4.57 Å². The summed E-state index contributed by atoms with van der Waals surface area (Å²) in [6.07, 6.45) is 2.92. The smallest absolute Gasteiger partial charge is 0.267 e. The summed E-state index contributed by atoms with van der Waals surface area (Å²) in [7, 11) is 0. The predicted molar refractivity (Wildman–Crippen MR) is 135 cm³/mol. The number of hydrogen-bond acceptors (Lipinski definition) is 5. The van der Waals surface area contributed by atoms with E-state index in [9.17, 15) is 24.3 Å². The molecule has 0 unspecified atom stereocenters. The Balaban J connectivity index is 1.72. The predicted octanol–water partition coefficient (Wildman–Crippen LogP) is 3.01. The average Bonchev–Trinajstić information content (AvgIpc) is 3.35. The van der Waals surface area contributed by atoms with Crippen molar-refractivity contribution in [3.8, 4) is 16.9 Å². The zero-order chi connectivity index (χ0) is 25.7. The van der Waals surface area contributed by atoms with Gasteiger partial charge >= 0.3 is 0 Å². The van der Waals surface area contributed by atoms with Crippen molar-refractivity contribution in [2.45, 2.75) is 32.5 Å². The fourth-order valence-electron chi connectivity index (χ4n) is 4.35. The van der Waals surface area contributed by atoms with Crippen LogP contribution >= 0.6 is 0 Å². The molecule has 1 aromatic heterocycles. The van der Waals surface area contributed by atoms with Crippen LogP contribution in [0, 0.1) is 0 Å². The van der Waals surface area contributed by atoms with Crippen LogP contribution in [-0.4, -0.2) is 39.2 Å². The summed E-state index contributed by atoms with van der Waals surface area (Å²) in [5.74, 6) is -1.42. The summed E-state index contributed by atoms with van der Waals surface area (Å²) in [5, 5.41) is 13.2. The number of nitrogens with zero attached hydrogens (tertiary/aromatic N) is 2. The lowest BCUT2D eigenvalue weighted by atomic mass is 10.0. The van der Waals surface area contributed by atoms with Gasteiger partial charge in [-0.15, -0.1) is 6.58 Å². The quantitative estimate of drug-likeness (QED) is 0.358. The third-order valence-electron chi connectivity index (χ3n) is 6.24. The Kier molecular flexibility index (Phi) is 7.44. The Bertz CT molecular complexity index is 1360. The topological polar surface area (TPSA) is 109 Å². The SMILES string of the molecule is C=CCCC(=O)N1Cc2c(O)c(C(=O)NCC=O)c(=O)n(Cc3ccc(-c4ccccc4)cc3)c2C1. The number of aldehydes is 1. The first-order valence-corrected chi connectivity index (χ1v) is 11.7. The number of rotatable bonds is 9. The number of aromatic nitrogens is 1. The van der Waals surface area contributed by atoms with E-state index in [0.717, 1.165) is 16.7 Å². The first-order chi connectivity index (χ1) is 17.4. The van der Waals surface area contributed by atoms with Crippen LogP contribution in [0.3, 0.4) is 0 Å². The van der Waals surface area contributed by atoms with E-state index in [-0.39, 0.29) is 38.5 Å². The third-order valence-corrected chi connectivity index (χ3v) is 6.24. The van der Waals surface area contributed by atoms with Crippen LogP contribution in [0.5, 0.6) is 5.75 Å². The lowest BCUT2D eigenvalue weighted by Crippen LogP contribution is -2.35. The number of allylic oxidation sites excluding steroid dienone is 1. The van der Waals surface area contributed by atoms with Crippen LogP contribution in [0.25, 0.3) is 11.1 Å².